The lowest BCUT2D eigenvalue weighted by atomic mass is 9.88. The number of carbonyl (C=O) groups excluding carboxylic acids is 1. The van der Waals surface area contributed by atoms with Gasteiger partial charge in [-0.15, -0.1) is 11.3 Å². The Kier molecular flexibility index (Phi) is 4.07. The van der Waals surface area contributed by atoms with E-state index in [1.165, 1.54) is 0 Å². The minimum absolute atomic E-state index is 0.263. The van der Waals surface area contributed by atoms with E-state index in [2.05, 4.69) is 11.4 Å². The molecule has 2 heterocycles. The number of hydrogen-bond acceptors (Lipinski definition) is 3. The molecule has 18 heavy (non-hydrogen) atoms. The SMILES string of the molecule is CNC1CCN(C(=O)C(C)(C)c2cccs2)CC1. The maximum atomic E-state index is 12.6. The number of nitrogens with zero attached hydrogens (tertiary/aromatic N) is 1. The first-order valence-electron chi connectivity index (χ1n) is 6.56. The van der Waals surface area contributed by atoms with Gasteiger partial charge in [0.1, 0.15) is 0 Å². The molecule has 4 heteroatoms. The summed E-state index contributed by atoms with van der Waals surface area (Å²) in [5.41, 5.74) is -0.388. The topological polar surface area (TPSA) is 32.3 Å². The zero-order valence-corrected chi connectivity index (χ0v) is 12.2. The molecule has 1 N–H and O–H groups in total. The van der Waals surface area contributed by atoms with E-state index in [1.807, 2.05) is 37.2 Å². The minimum Gasteiger partial charge on any atom is -0.342 e. The molecule has 0 spiro atoms. The fourth-order valence-electron chi connectivity index (χ4n) is 2.51. The number of rotatable bonds is 3. The van der Waals surface area contributed by atoms with Crippen molar-refractivity contribution in [3.63, 3.8) is 0 Å². The fourth-order valence-corrected chi connectivity index (χ4v) is 3.35. The summed E-state index contributed by atoms with van der Waals surface area (Å²) in [6.07, 6.45) is 2.12. The molecule has 0 saturated carbocycles. The number of hydrogen-bond donors (Lipinski definition) is 1. The van der Waals surface area contributed by atoms with Crippen LogP contribution in [0.5, 0.6) is 0 Å². The van der Waals surface area contributed by atoms with Crippen LogP contribution in [0.3, 0.4) is 0 Å². The number of carbonyl (C=O) groups is 1. The maximum absolute atomic E-state index is 12.6. The van der Waals surface area contributed by atoms with Crippen LogP contribution in [0.1, 0.15) is 31.6 Å². The smallest absolute Gasteiger partial charge is 0.233 e. The summed E-state index contributed by atoms with van der Waals surface area (Å²) in [7, 11) is 2.00. The molecular formula is C14H22N2OS. The molecule has 1 fully saturated rings. The molecule has 1 aliphatic heterocycles. The van der Waals surface area contributed by atoms with Crippen molar-refractivity contribution in [2.45, 2.75) is 38.1 Å². The standard InChI is InChI=1S/C14H22N2OS/c1-14(2,12-5-4-10-18-12)13(17)16-8-6-11(15-3)7-9-16/h4-5,10-11,15H,6-9H2,1-3H3. The lowest BCUT2D eigenvalue weighted by Gasteiger charge is -2.36. The summed E-state index contributed by atoms with van der Waals surface area (Å²) in [6.45, 7) is 5.81. The van der Waals surface area contributed by atoms with Crippen LogP contribution in [-0.4, -0.2) is 37.0 Å². The van der Waals surface area contributed by atoms with Crippen LogP contribution in [0.25, 0.3) is 0 Å². The van der Waals surface area contributed by atoms with Crippen molar-refractivity contribution in [3.8, 4) is 0 Å². The van der Waals surface area contributed by atoms with Crippen molar-refractivity contribution in [1.29, 1.82) is 0 Å². The van der Waals surface area contributed by atoms with Gasteiger partial charge in [-0.3, -0.25) is 4.79 Å². The Labute approximate surface area is 113 Å². The van der Waals surface area contributed by atoms with Crippen LogP contribution in [0, 0.1) is 0 Å². The van der Waals surface area contributed by atoms with Crippen LogP contribution >= 0.6 is 11.3 Å². The van der Waals surface area contributed by atoms with Crippen LogP contribution in [-0.2, 0) is 10.2 Å². The summed E-state index contributed by atoms with van der Waals surface area (Å²) in [4.78, 5) is 15.8. The Hall–Kier alpha value is -0.870. The van der Waals surface area contributed by atoms with E-state index in [9.17, 15) is 4.79 Å². The number of piperidine rings is 1. The van der Waals surface area contributed by atoms with E-state index in [4.69, 9.17) is 0 Å². The highest BCUT2D eigenvalue weighted by molar-refractivity contribution is 7.10. The van der Waals surface area contributed by atoms with E-state index in [0.717, 1.165) is 30.8 Å². The molecule has 0 radical (unpaired) electrons. The Morgan fingerprint density at radius 3 is 2.61 bits per heavy atom. The molecule has 0 atom stereocenters. The Bertz CT molecular complexity index is 392. The molecule has 3 nitrogen and oxygen atoms in total. The summed E-state index contributed by atoms with van der Waals surface area (Å²) in [5, 5.41) is 5.33. The van der Waals surface area contributed by atoms with Gasteiger partial charge in [0.05, 0.1) is 5.41 Å². The largest absolute Gasteiger partial charge is 0.342 e. The van der Waals surface area contributed by atoms with Crippen molar-refractivity contribution < 1.29 is 4.79 Å². The number of amides is 1. The molecule has 0 aromatic carbocycles. The van der Waals surface area contributed by atoms with E-state index in [1.54, 1.807) is 11.3 Å². The molecule has 100 valence electrons. The lowest BCUT2D eigenvalue weighted by Crippen LogP contribution is -2.49. The van der Waals surface area contributed by atoms with Gasteiger partial charge in [0.25, 0.3) is 0 Å². The maximum Gasteiger partial charge on any atom is 0.233 e. The number of thiophene rings is 1. The second kappa shape index (κ2) is 5.41. The van der Waals surface area contributed by atoms with Gasteiger partial charge in [-0.05, 0) is 45.2 Å². The summed E-state index contributed by atoms with van der Waals surface area (Å²) in [5.74, 6) is 0.263. The Morgan fingerprint density at radius 1 is 1.44 bits per heavy atom. The van der Waals surface area contributed by atoms with Crippen LogP contribution < -0.4 is 5.32 Å². The third-order valence-corrected chi connectivity index (χ3v) is 5.06. The molecule has 1 aliphatic rings. The average molecular weight is 266 g/mol. The van der Waals surface area contributed by atoms with Gasteiger partial charge in [0, 0.05) is 24.0 Å². The van der Waals surface area contributed by atoms with Gasteiger partial charge < -0.3 is 10.2 Å². The van der Waals surface area contributed by atoms with E-state index < -0.39 is 0 Å². The lowest BCUT2D eigenvalue weighted by molar-refractivity contribution is -0.137. The van der Waals surface area contributed by atoms with Crippen LogP contribution in [0.2, 0.25) is 0 Å². The number of nitrogens with one attached hydrogen (secondary N) is 1. The third-order valence-electron chi connectivity index (χ3n) is 3.86. The first-order valence-corrected chi connectivity index (χ1v) is 7.44. The van der Waals surface area contributed by atoms with Crippen molar-refractivity contribution in [3.05, 3.63) is 22.4 Å². The van der Waals surface area contributed by atoms with Crippen LogP contribution in [0.4, 0.5) is 0 Å². The highest BCUT2D eigenvalue weighted by Gasteiger charge is 2.35. The molecule has 0 bridgehead atoms. The minimum atomic E-state index is -0.388. The molecule has 2 rings (SSSR count). The van der Waals surface area contributed by atoms with Crippen LogP contribution in [0.15, 0.2) is 17.5 Å². The quantitative estimate of drug-likeness (QED) is 0.910. The highest BCUT2D eigenvalue weighted by Crippen LogP contribution is 2.30. The molecular weight excluding hydrogens is 244 g/mol. The van der Waals surface area contributed by atoms with Gasteiger partial charge in [0.2, 0.25) is 5.91 Å². The third kappa shape index (κ3) is 2.59. The molecule has 0 aliphatic carbocycles. The molecule has 1 aromatic rings. The fraction of sp³-hybridized carbons (Fsp3) is 0.643. The summed E-state index contributed by atoms with van der Waals surface area (Å²) >= 11 is 1.67. The second-order valence-electron chi connectivity index (χ2n) is 5.46. The number of likely N-dealkylation sites (tertiary alicyclic amines) is 1. The van der Waals surface area contributed by atoms with Crippen molar-refractivity contribution in [2.24, 2.45) is 0 Å². The van der Waals surface area contributed by atoms with Gasteiger partial charge in [-0.2, -0.15) is 0 Å². The van der Waals surface area contributed by atoms with Crippen molar-refractivity contribution in [1.82, 2.24) is 10.2 Å². The second-order valence-corrected chi connectivity index (χ2v) is 6.41. The zero-order valence-electron chi connectivity index (χ0n) is 11.4. The van der Waals surface area contributed by atoms with E-state index in [-0.39, 0.29) is 11.3 Å². The first-order chi connectivity index (χ1) is 8.55. The molecule has 1 saturated heterocycles. The van der Waals surface area contributed by atoms with Gasteiger partial charge in [-0.25, -0.2) is 0 Å². The Balaban J connectivity index is 2.04. The Morgan fingerprint density at radius 2 is 2.11 bits per heavy atom. The van der Waals surface area contributed by atoms with Gasteiger partial charge in [0.15, 0.2) is 0 Å². The molecule has 1 amide bonds. The van der Waals surface area contributed by atoms with Gasteiger partial charge in [-0.1, -0.05) is 6.07 Å². The normalized spacial score (nSPS) is 18.1. The van der Waals surface area contributed by atoms with Crippen molar-refractivity contribution >= 4 is 17.2 Å². The zero-order chi connectivity index (χ0) is 13.2. The summed E-state index contributed by atoms with van der Waals surface area (Å²) < 4.78 is 0. The summed E-state index contributed by atoms with van der Waals surface area (Å²) in [6, 6.07) is 4.64. The van der Waals surface area contributed by atoms with E-state index >= 15 is 0 Å². The predicted octanol–water partition coefficient (Wildman–Crippen LogP) is 2.24. The predicted molar refractivity (Wildman–Crippen MR) is 76.0 cm³/mol. The van der Waals surface area contributed by atoms with Gasteiger partial charge >= 0.3 is 0 Å². The molecule has 0 unspecified atom stereocenters. The first kappa shape index (κ1) is 13.6. The van der Waals surface area contributed by atoms with Crippen molar-refractivity contribution in [2.75, 3.05) is 20.1 Å². The monoisotopic (exact) mass is 266 g/mol. The highest BCUT2D eigenvalue weighted by atomic mass is 32.1. The molecule has 1 aromatic heterocycles. The van der Waals surface area contributed by atoms with E-state index in [0.29, 0.717) is 6.04 Å². The average Bonchev–Trinajstić information content (AvgIpc) is 2.92.